The first-order chi connectivity index (χ1) is 17.9. The fourth-order valence-electron chi connectivity index (χ4n) is 5.36. The van der Waals surface area contributed by atoms with Crippen LogP contribution < -0.4 is 0 Å². The highest BCUT2D eigenvalue weighted by molar-refractivity contribution is 5.70. The molecule has 4 N–H and O–H groups in total. The second-order valence-corrected chi connectivity index (χ2v) is 10.2. The van der Waals surface area contributed by atoms with Crippen LogP contribution in [0, 0.1) is 16.0 Å². The van der Waals surface area contributed by atoms with Crippen LogP contribution in [-0.4, -0.2) is 153 Å². The Morgan fingerprint density at radius 1 is 0.658 bits per heavy atom. The van der Waals surface area contributed by atoms with Crippen molar-refractivity contribution in [2.45, 2.75) is 44.2 Å². The Kier molecular flexibility index (Phi) is 12.8. The second kappa shape index (κ2) is 15.5. The summed E-state index contributed by atoms with van der Waals surface area (Å²) in [5, 5.41) is 49.0. The van der Waals surface area contributed by atoms with E-state index in [1.165, 1.54) is 0 Å². The van der Waals surface area contributed by atoms with Crippen LogP contribution >= 0.6 is 0 Å². The van der Waals surface area contributed by atoms with Crippen molar-refractivity contribution in [1.82, 2.24) is 19.6 Å². The monoisotopic (exact) mass is 545 g/mol. The minimum Gasteiger partial charge on any atom is -0.480 e. The van der Waals surface area contributed by atoms with Crippen molar-refractivity contribution in [3.8, 4) is 0 Å². The quantitative estimate of drug-likeness (QED) is 0.184. The van der Waals surface area contributed by atoms with Gasteiger partial charge in [0.25, 0.3) is 0 Å². The summed E-state index contributed by atoms with van der Waals surface area (Å²) in [6.07, 6.45) is 2.60. The van der Waals surface area contributed by atoms with E-state index in [0.29, 0.717) is 32.1 Å². The van der Waals surface area contributed by atoms with Gasteiger partial charge in [0.1, 0.15) is 0 Å². The highest BCUT2D eigenvalue weighted by Crippen LogP contribution is 2.30. The molecule has 216 valence electrons. The van der Waals surface area contributed by atoms with E-state index in [2.05, 4.69) is 0 Å². The second-order valence-electron chi connectivity index (χ2n) is 10.2. The Labute approximate surface area is 220 Å². The summed E-state index contributed by atoms with van der Waals surface area (Å²) in [6.45, 7) is 0.423. The van der Waals surface area contributed by atoms with E-state index in [-0.39, 0.29) is 88.9 Å². The summed E-state index contributed by atoms with van der Waals surface area (Å²) in [6, 6.07) is -0.979. The number of aliphatic carboxylic acids is 4. The topological polar surface area (TPSA) is 205 Å². The molecule has 1 saturated carbocycles. The molecule has 0 bridgehead atoms. The third-order valence-electron chi connectivity index (χ3n) is 7.29. The first-order valence-electron chi connectivity index (χ1n) is 12.8. The van der Waals surface area contributed by atoms with Crippen molar-refractivity contribution in [3.05, 3.63) is 10.1 Å². The van der Waals surface area contributed by atoms with Crippen molar-refractivity contribution < 1.29 is 44.5 Å². The highest BCUT2D eigenvalue weighted by Gasteiger charge is 2.33. The summed E-state index contributed by atoms with van der Waals surface area (Å²) in [5.41, 5.74) is 0. The number of hydrogen-bond acceptors (Lipinski definition) is 10. The number of carboxylic acid groups (broad SMARTS) is 4. The lowest BCUT2D eigenvalue weighted by molar-refractivity contribution is -0.527. The third-order valence-corrected chi connectivity index (χ3v) is 7.29. The zero-order valence-corrected chi connectivity index (χ0v) is 21.5. The fraction of sp³-hybridized carbons (Fsp3) is 0.826. The van der Waals surface area contributed by atoms with Gasteiger partial charge in [-0.05, 0) is 25.2 Å². The molecular weight excluding hydrogens is 506 g/mol. The minimum atomic E-state index is -1.07. The normalized spacial score (nSPS) is 25.6. The maximum Gasteiger partial charge on any atom is 0.317 e. The molecule has 0 amide bonds. The first-order valence-corrected chi connectivity index (χ1v) is 12.8. The molecule has 15 nitrogen and oxygen atoms in total. The predicted octanol–water partition coefficient (Wildman–Crippen LogP) is -0.859. The molecule has 1 aliphatic heterocycles. The molecule has 1 unspecified atom stereocenters. The first kappa shape index (κ1) is 31.3. The molecule has 1 aliphatic carbocycles. The zero-order valence-electron chi connectivity index (χ0n) is 21.5. The Hall–Kier alpha value is -2.88. The molecular formula is C23H39N5O10. The molecule has 0 aromatic carbocycles. The zero-order chi connectivity index (χ0) is 28.2. The van der Waals surface area contributed by atoms with E-state index in [1.807, 2.05) is 0 Å². The highest BCUT2D eigenvalue weighted by atomic mass is 16.6. The molecule has 0 aromatic heterocycles. The van der Waals surface area contributed by atoms with Gasteiger partial charge >= 0.3 is 23.9 Å². The standard InChI is InChI=1S/C23H39N5O10/c29-20(30)13-24-5-6-25(14-21(31)32)9-10-27(16-23(35)36)19(12-26(8-7-24)15-22(33)34)11-17-1-3-18(4-2-17)28(37)38/h17-19H,1-16H2,(H,29,30)(H,31,32)(H,33,34)(H,35,36). The van der Waals surface area contributed by atoms with Crippen LogP contribution in [0.15, 0.2) is 0 Å². The van der Waals surface area contributed by atoms with Crippen LogP contribution in [0.1, 0.15) is 32.1 Å². The largest absolute Gasteiger partial charge is 0.480 e. The fourth-order valence-corrected chi connectivity index (χ4v) is 5.36. The van der Waals surface area contributed by atoms with Crippen molar-refractivity contribution in [2.24, 2.45) is 5.92 Å². The molecule has 15 heteroatoms. The van der Waals surface area contributed by atoms with Crippen molar-refractivity contribution in [3.63, 3.8) is 0 Å². The molecule has 2 rings (SSSR count). The van der Waals surface area contributed by atoms with Crippen LogP contribution in [-0.2, 0) is 19.2 Å². The molecule has 0 radical (unpaired) electrons. The van der Waals surface area contributed by atoms with E-state index in [9.17, 15) is 49.7 Å². The summed E-state index contributed by atoms with van der Waals surface area (Å²) in [7, 11) is 0. The number of rotatable bonds is 11. The molecule has 38 heavy (non-hydrogen) atoms. The molecule has 2 fully saturated rings. The Bertz CT molecular complexity index is 835. The lowest BCUT2D eigenvalue weighted by atomic mass is 9.82. The van der Waals surface area contributed by atoms with Gasteiger partial charge in [-0.3, -0.25) is 48.9 Å². The number of nitrogens with zero attached hydrogens (tertiary/aromatic N) is 5. The Morgan fingerprint density at radius 3 is 1.53 bits per heavy atom. The average Bonchev–Trinajstić information content (AvgIpc) is 2.80. The van der Waals surface area contributed by atoms with Crippen molar-refractivity contribution in [2.75, 3.05) is 72.0 Å². The van der Waals surface area contributed by atoms with E-state index in [0.717, 1.165) is 0 Å². The van der Waals surface area contributed by atoms with Gasteiger partial charge in [0.2, 0.25) is 6.04 Å². The summed E-state index contributed by atoms with van der Waals surface area (Å²) in [4.78, 5) is 63.8. The molecule has 0 spiro atoms. The van der Waals surface area contributed by atoms with Gasteiger partial charge in [-0.2, -0.15) is 0 Å². The Morgan fingerprint density at radius 2 is 1.08 bits per heavy atom. The van der Waals surface area contributed by atoms with Crippen LogP contribution in [0.4, 0.5) is 0 Å². The van der Waals surface area contributed by atoms with E-state index in [1.54, 1.807) is 19.6 Å². The van der Waals surface area contributed by atoms with Gasteiger partial charge in [-0.25, -0.2) is 0 Å². The number of carboxylic acids is 4. The van der Waals surface area contributed by atoms with E-state index < -0.39 is 29.9 Å². The molecule has 1 heterocycles. The lowest BCUT2D eigenvalue weighted by Crippen LogP contribution is -2.53. The minimum absolute atomic E-state index is 0.103. The van der Waals surface area contributed by atoms with Crippen molar-refractivity contribution in [1.29, 1.82) is 0 Å². The summed E-state index contributed by atoms with van der Waals surface area (Å²) >= 11 is 0. The lowest BCUT2D eigenvalue weighted by Gasteiger charge is -2.39. The van der Waals surface area contributed by atoms with Gasteiger partial charge < -0.3 is 20.4 Å². The van der Waals surface area contributed by atoms with E-state index in [4.69, 9.17) is 0 Å². The predicted molar refractivity (Wildman–Crippen MR) is 133 cm³/mol. The maximum atomic E-state index is 11.8. The van der Waals surface area contributed by atoms with Crippen LogP contribution in [0.3, 0.4) is 0 Å². The SMILES string of the molecule is O=C(O)CN1CCN(CC(=O)O)CCN(CC(=O)O)C(CC2CCC([N+](=O)[O-])CC2)CN(CC(=O)O)CC1. The van der Waals surface area contributed by atoms with Crippen LogP contribution in [0.25, 0.3) is 0 Å². The van der Waals surface area contributed by atoms with Gasteiger partial charge in [0.15, 0.2) is 0 Å². The average molecular weight is 546 g/mol. The van der Waals surface area contributed by atoms with Gasteiger partial charge in [-0.1, -0.05) is 0 Å². The smallest absolute Gasteiger partial charge is 0.317 e. The summed E-state index contributed by atoms with van der Waals surface area (Å²) < 4.78 is 0. The molecule has 1 atom stereocenters. The van der Waals surface area contributed by atoms with E-state index >= 15 is 0 Å². The molecule has 0 aromatic rings. The summed E-state index contributed by atoms with van der Waals surface area (Å²) in [5.74, 6) is -4.14. The Balaban J connectivity index is 2.31. The number of carbonyl (C=O) groups is 4. The van der Waals surface area contributed by atoms with Gasteiger partial charge in [0, 0.05) is 69.6 Å². The van der Waals surface area contributed by atoms with Crippen molar-refractivity contribution >= 4 is 23.9 Å². The maximum absolute atomic E-state index is 11.8. The third kappa shape index (κ3) is 11.7. The van der Waals surface area contributed by atoms with Gasteiger partial charge in [0.05, 0.1) is 26.2 Å². The number of hydrogen-bond donors (Lipinski definition) is 4. The van der Waals surface area contributed by atoms with Crippen LogP contribution in [0.2, 0.25) is 0 Å². The van der Waals surface area contributed by atoms with Gasteiger partial charge in [-0.15, -0.1) is 0 Å². The molecule has 1 saturated heterocycles. The molecule has 2 aliphatic rings. The number of nitro groups is 1. The van der Waals surface area contributed by atoms with Crippen LogP contribution in [0.5, 0.6) is 0 Å².